The molecule has 4 heterocycles. The molecule has 0 radical (unpaired) electrons. The third-order valence-corrected chi connectivity index (χ3v) is 8.25. The van der Waals surface area contributed by atoms with Crippen LogP contribution in [0.4, 0.5) is 0 Å². The van der Waals surface area contributed by atoms with E-state index < -0.39 is 6.10 Å². The monoisotopic (exact) mass is 642 g/mol. The van der Waals surface area contributed by atoms with E-state index in [2.05, 4.69) is 10.3 Å². The molecule has 3 aliphatic heterocycles. The maximum Gasteiger partial charge on any atom is 0.290 e. The van der Waals surface area contributed by atoms with Crippen molar-refractivity contribution >= 4 is 35.1 Å². The highest BCUT2D eigenvalue weighted by Gasteiger charge is 2.34. The summed E-state index contributed by atoms with van der Waals surface area (Å²) in [5, 5.41) is 10.9. The smallest absolute Gasteiger partial charge is 0.290 e. The van der Waals surface area contributed by atoms with Crippen LogP contribution in [0.25, 0.3) is 10.9 Å². The van der Waals surface area contributed by atoms with Crippen LogP contribution in [-0.4, -0.2) is 90.0 Å². The van der Waals surface area contributed by atoms with Gasteiger partial charge in [-0.2, -0.15) is 0 Å². The number of hydrogen-bond acceptors (Lipinski definition) is 7. The van der Waals surface area contributed by atoms with Gasteiger partial charge in [-0.1, -0.05) is 18.2 Å². The Morgan fingerprint density at radius 2 is 1.87 bits per heavy atom. The van der Waals surface area contributed by atoms with Crippen LogP contribution in [0.2, 0.25) is 0 Å². The number of nitrogens with zero attached hydrogens (tertiary/aromatic N) is 2. The van der Waals surface area contributed by atoms with Crippen LogP contribution in [0.15, 0.2) is 72.9 Å². The zero-order valence-electron chi connectivity index (χ0n) is 26.3. The van der Waals surface area contributed by atoms with Crippen LogP contribution in [0.3, 0.4) is 0 Å². The molecule has 4 aromatic rings. The molecule has 3 aliphatic rings. The van der Waals surface area contributed by atoms with Crippen molar-refractivity contribution < 1.29 is 38.5 Å². The van der Waals surface area contributed by atoms with Gasteiger partial charge in [-0.15, -0.1) is 0 Å². The maximum absolute atomic E-state index is 13.5. The molecule has 2 atom stereocenters. The van der Waals surface area contributed by atoms with Crippen LogP contribution >= 0.6 is 0 Å². The van der Waals surface area contributed by atoms with E-state index in [0.717, 1.165) is 22.0 Å². The summed E-state index contributed by atoms with van der Waals surface area (Å²) in [6, 6.07) is 20.4. The highest BCUT2D eigenvalue weighted by atomic mass is 16.5. The first-order valence-corrected chi connectivity index (χ1v) is 15.3. The normalized spacial score (nSPS) is 18.8. The number of carbonyl (C=O) groups excluding carboxylic acids is 3. The zero-order valence-corrected chi connectivity index (χ0v) is 26.3. The number of aromatic amines is 1. The molecule has 1 aromatic heterocycles. The first-order chi connectivity index (χ1) is 22.8. The lowest BCUT2D eigenvalue weighted by Gasteiger charge is -2.39. The zero-order chi connectivity index (χ0) is 33.3. The largest absolute Gasteiger partial charge is 0.493 e. The number of carbonyl (C=O) groups is 4. The molecule has 3 aromatic carbocycles. The summed E-state index contributed by atoms with van der Waals surface area (Å²) in [6.45, 7) is 0.703. The third kappa shape index (κ3) is 8.27. The van der Waals surface area contributed by atoms with Gasteiger partial charge in [-0.25, -0.2) is 0 Å². The molecule has 3 N–H and O–H groups in total. The van der Waals surface area contributed by atoms with Gasteiger partial charge in [0.05, 0.1) is 32.4 Å². The van der Waals surface area contributed by atoms with E-state index in [-0.39, 0.29) is 49.8 Å². The van der Waals surface area contributed by atoms with Crippen molar-refractivity contribution in [2.45, 2.75) is 38.0 Å². The number of nitrogens with one attached hydrogen (secondary N) is 2. The molecule has 1 saturated heterocycles. The number of piperidine rings is 1. The number of hydrogen-bond donors (Lipinski definition) is 3. The fraction of sp³-hybridized carbons (Fsp3) is 0.314. The number of likely N-dealkylation sites (N-methyl/N-ethyl adjacent to an activating group) is 1. The number of carboxylic acid groups (broad SMARTS) is 1. The molecule has 12 heteroatoms. The van der Waals surface area contributed by atoms with Gasteiger partial charge < -0.3 is 39.4 Å². The third-order valence-electron chi connectivity index (χ3n) is 8.25. The summed E-state index contributed by atoms with van der Waals surface area (Å²) >= 11 is 0. The number of amides is 3. The summed E-state index contributed by atoms with van der Waals surface area (Å²) in [7, 11) is 3.21. The van der Waals surface area contributed by atoms with Gasteiger partial charge in [0.25, 0.3) is 12.4 Å². The molecule has 246 valence electrons. The summed E-state index contributed by atoms with van der Waals surface area (Å²) < 4.78 is 18.2. The van der Waals surface area contributed by atoms with E-state index in [0.29, 0.717) is 48.7 Å². The molecule has 4 bridgehead atoms. The average molecular weight is 643 g/mol. The number of rotatable bonds is 2. The minimum Gasteiger partial charge on any atom is -0.493 e. The van der Waals surface area contributed by atoms with Crippen molar-refractivity contribution in [1.82, 2.24) is 20.1 Å². The summed E-state index contributed by atoms with van der Waals surface area (Å²) in [5.41, 5.74) is 3.38. The molecule has 0 unspecified atom stereocenters. The second-order valence-electron chi connectivity index (χ2n) is 11.4. The number of aryl methyl sites for hydroxylation is 1. The fourth-order valence-electron chi connectivity index (χ4n) is 5.78. The van der Waals surface area contributed by atoms with Crippen molar-refractivity contribution in [3.63, 3.8) is 0 Å². The second kappa shape index (κ2) is 15.3. The fourth-order valence-corrected chi connectivity index (χ4v) is 5.78. The number of fused-ring (bicyclic) bond motifs is 10. The van der Waals surface area contributed by atoms with Gasteiger partial charge >= 0.3 is 0 Å². The van der Waals surface area contributed by atoms with Crippen LogP contribution < -0.4 is 14.8 Å². The summed E-state index contributed by atoms with van der Waals surface area (Å²) in [6.07, 6.45) is 2.64. The molecule has 12 nitrogen and oxygen atoms in total. The Morgan fingerprint density at radius 3 is 2.68 bits per heavy atom. The van der Waals surface area contributed by atoms with Crippen molar-refractivity contribution in [3.8, 4) is 17.2 Å². The highest BCUT2D eigenvalue weighted by molar-refractivity contribution is 5.98. The Morgan fingerprint density at radius 1 is 1.04 bits per heavy atom. The number of H-pyrrole nitrogens is 1. The lowest BCUT2D eigenvalue weighted by atomic mass is 10.00. The lowest BCUT2D eigenvalue weighted by Crippen LogP contribution is -2.57. The number of ether oxygens (including phenoxy) is 3. The number of benzene rings is 3. The molecule has 47 heavy (non-hydrogen) atoms. The van der Waals surface area contributed by atoms with Gasteiger partial charge in [-0.3, -0.25) is 19.2 Å². The molecular formula is C35H38N4O8. The van der Waals surface area contributed by atoms with E-state index in [4.69, 9.17) is 24.1 Å². The molecule has 3 amide bonds. The van der Waals surface area contributed by atoms with Crippen LogP contribution in [0, 0.1) is 0 Å². The summed E-state index contributed by atoms with van der Waals surface area (Å²) in [5.74, 6) is 1.25. The van der Waals surface area contributed by atoms with Crippen molar-refractivity contribution in [2.24, 2.45) is 0 Å². The molecule has 0 saturated carbocycles. The predicted octanol–water partition coefficient (Wildman–Crippen LogP) is 3.99. The van der Waals surface area contributed by atoms with Gasteiger partial charge in [0.15, 0.2) is 11.5 Å². The number of aromatic nitrogens is 1. The van der Waals surface area contributed by atoms with Crippen LogP contribution in [0.5, 0.6) is 17.2 Å². The lowest BCUT2D eigenvalue weighted by molar-refractivity contribution is -0.135. The Bertz CT molecular complexity index is 1740. The van der Waals surface area contributed by atoms with Gasteiger partial charge in [0, 0.05) is 49.2 Å². The number of methoxy groups -OCH3 is 1. The first-order valence-electron chi connectivity index (χ1n) is 15.3. The predicted molar refractivity (Wildman–Crippen MR) is 173 cm³/mol. The Kier molecular flexibility index (Phi) is 10.7. The Hall–Kier alpha value is -5.36. The van der Waals surface area contributed by atoms with Crippen molar-refractivity contribution in [2.75, 3.05) is 33.8 Å². The maximum atomic E-state index is 13.5. The van der Waals surface area contributed by atoms with E-state index in [1.165, 1.54) is 4.90 Å². The molecule has 1 fully saturated rings. The molecular weight excluding hydrogens is 604 g/mol. The van der Waals surface area contributed by atoms with E-state index >= 15 is 0 Å². The Labute approximate surface area is 272 Å². The topological polar surface area (TPSA) is 150 Å². The minimum absolute atomic E-state index is 0.0699. The van der Waals surface area contributed by atoms with E-state index in [9.17, 15) is 14.4 Å². The average Bonchev–Trinajstić information content (AvgIpc) is 3.55. The second-order valence-corrected chi connectivity index (χ2v) is 11.4. The number of likely N-dealkylation sites (tertiary alicyclic amines) is 1. The van der Waals surface area contributed by atoms with E-state index in [1.807, 2.05) is 72.9 Å². The minimum atomic E-state index is -0.465. The van der Waals surface area contributed by atoms with Gasteiger partial charge in [-0.05, 0) is 72.5 Å². The van der Waals surface area contributed by atoms with E-state index in [1.54, 1.807) is 19.1 Å². The Balaban J connectivity index is 0.00000139. The molecule has 0 aliphatic carbocycles. The van der Waals surface area contributed by atoms with Crippen LogP contribution in [0.1, 0.15) is 34.3 Å². The molecule has 7 rings (SSSR count). The summed E-state index contributed by atoms with van der Waals surface area (Å²) in [4.78, 5) is 54.3. The van der Waals surface area contributed by atoms with Gasteiger partial charge in [0.1, 0.15) is 5.75 Å². The van der Waals surface area contributed by atoms with Gasteiger partial charge in [0.2, 0.25) is 11.8 Å². The standard InChI is InChI=1S/C34H36N4O6.CH2O2/c1-37-20-32(39)36-28-13-15-38(34(41)25-8-9-27-24(18-25)12-14-35-27)19-31(28)43-21-23-4-3-5-26(16-23)44-29-10-6-22(7-11-33(37)40)17-30(29)42-2;2-1-3/h3-6,8-10,12,14,16-18,28,31,35H,7,11,13,15,19-21H2,1-2H3,(H,36,39);1H,(H,2,3)/t28-,31-;/m0./s1. The van der Waals surface area contributed by atoms with Crippen LogP contribution in [-0.2, 0) is 32.1 Å². The van der Waals surface area contributed by atoms with Crippen molar-refractivity contribution in [3.05, 3.63) is 89.6 Å². The highest BCUT2D eigenvalue weighted by Crippen LogP contribution is 2.33. The first kappa shape index (κ1) is 33.0. The van der Waals surface area contributed by atoms with Crippen molar-refractivity contribution in [1.29, 1.82) is 0 Å². The molecule has 0 spiro atoms. The quantitative estimate of drug-likeness (QED) is 0.278. The SMILES string of the molecule is COc1cc2ccc1Oc1cccc(c1)CO[C@H]1CN(C(=O)c3ccc4[nH]ccc4c3)CC[C@@H]1NC(=O)CN(C)C(=O)CC2.O=CO.